The van der Waals surface area contributed by atoms with E-state index in [-0.39, 0.29) is 11.3 Å². The number of nitrogens with zero attached hydrogens (tertiary/aromatic N) is 2. The highest BCUT2D eigenvalue weighted by atomic mass is 16.5. The summed E-state index contributed by atoms with van der Waals surface area (Å²) < 4.78 is 11.4. The molecule has 2 aromatic rings. The number of pyridine rings is 1. The number of hydrogen-bond donors (Lipinski definition) is 0. The molecule has 0 fully saturated rings. The SMILES string of the molecule is COc1c(C)cnc(CN(C)C(=O)C(C)Oc2cccc(C(C)(C)C)c2)c1C. The number of rotatable bonds is 6. The average Bonchev–Trinajstić information content (AvgIpc) is 2.63. The molecule has 1 unspecified atom stereocenters. The summed E-state index contributed by atoms with van der Waals surface area (Å²) in [5, 5.41) is 0. The lowest BCUT2D eigenvalue weighted by atomic mass is 9.87. The summed E-state index contributed by atoms with van der Waals surface area (Å²) >= 11 is 0. The molecule has 0 radical (unpaired) electrons. The van der Waals surface area contributed by atoms with Crippen LogP contribution in [0.5, 0.6) is 11.5 Å². The number of ether oxygens (including phenoxy) is 2. The molecule has 5 heteroatoms. The third-order valence-corrected chi connectivity index (χ3v) is 4.87. The molecule has 1 heterocycles. The van der Waals surface area contributed by atoms with Crippen molar-refractivity contribution in [1.82, 2.24) is 9.88 Å². The molecule has 2 rings (SSSR count). The van der Waals surface area contributed by atoms with Crippen molar-refractivity contribution in [1.29, 1.82) is 0 Å². The second kappa shape index (κ2) is 8.63. The van der Waals surface area contributed by atoms with Crippen LogP contribution in [-0.2, 0) is 16.8 Å². The van der Waals surface area contributed by atoms with Crippen molar-refractivity contribution in [3.63, 3.8) is 0 Å². The summed E-state index contributed by atoms with van der Waals surface area (Å²) in [6.07, 6.45) is 1.19. The predicted molar refractivity (Wildman–Crippen MR) is 112 cm³/mol. The molecular weight excluding hydrogens is 352 g/mol. The largest absolute Gasteiger partial charge is 0.496 e. The fourth-order valence-electron chi connectivity index (χ4n) is 3.13. The maximum Gasteiger partial charge on any atom is 0.263 e. The molecule has 0 N–H and O–H groups in total. The minimum Gasteiger partial charge on any atom is -0.496 e. The van der Waals surface area contributed by atoms with Crippen molar-refractivity contribution >= 4 is 5.91 Å². The van der Waals surface area contributed by atoms with Crippen molar-refractivity contribution in [2.45, 2.75) is 59.6 Å². The Balaban J connectivity index is 2.09. The minimum atomic E-state index is -0.590. The van der Waals surface area contributed by atoms with E-state index in [9.17, 15) is 4.79 Å². The van der Waals surface area contributed by atoms with Gasteiger partial charge in [0.2, 0.25) is 0 Å². The number of methoxy groups -OCH3 is 1. The molecule has 0 bridgehead atoms. The lowest BCUT2D eigenvalue weighted by Gasteiger charge is -2.24. The van der Waals surface area contributed by atoms with Crippen LogP contribution >= 0.6 is 0 Å². The van der Waals surface area contributed by atoms with E-state index in [1.807, 2.05) is 32.0 Å². The Morgan fingerprint density at radius 2 is 1.93 bits per heavy atom. The van der Waals surface area contributed by atoms with Gasteiger partial charge in [0.15, 0.2) is 6.10 Å². The molecule has 0 saturated heterocycles. The Morgan fingerprint density at radius 3 is 2.54 bits per heavy atom. The number of hydrogen-bond acceptors (Lipinski definition) is 4. The summed E-state index contributed by atoms with van der Waals surface area (Å²) in [6, 6.07) is 7.92. The monoisotopic (exact) mass is 384 g/mol. The van der Waals surface area contributed by atoms with Crippen molar-refractivity contribution in [2.75, 3.05) is 14.2 Å². The maximum absolute atomic E-state index is 12.8. The maximum atomic E-state index is 12.8. The molecule has 1 atom stereocenters. The topological polar surface area (TPSA) is 51.7 Å². The van der Waals surface area contributed by atoms with Crippen molar-refractivity contribution in [2.24, 2.45) is 0 Å². The Bertz CT molecular complexity index is 840. The van der Waals surface area contributed by atoms with Crippen molar-refractivity contribution in [3.05, 3.63) is 52.8 Å². The van der Waals surface area contributed by atoms with E-state index >= 15 is 0 Å². The van der Waals surface area contributed by atoms with E-state index in [1.165, 1.54) is 5.56 Å². The molecule has 0 aliphatic rings. The molecule has 0 spiro atoms. The Morgan fingerprint density at radius 1 is 1.25 bits per heavy atom. The summed E-state index contributed by atoms with van der Waals surface area (Å²) in [5.41, 5.74) is 3.95. The molecule has 0 aliphatic heterocycles. The molecular formula is C23H32N2O3. The summed E-state index contributed by atoms with van der Waals surface area (Å²) in [5.74, 6) is 1.42. The third kappa shape index (κ3) is 5.03. The number of benzene rings is 1. The van der Waals surface area contributed by atoms with Gasteiger partial charge in [-0.3, -0.25) is 9.78 Å². The van der Waals surface area contributed by atoms with Gasteiger partial charge in [-0.1, -0.05) is 32.9 Å². The van der Waals surface area contributed by atoms with Gasteiger partial charge < -0.3 is 14.4 Å². The van der Waals surface area contributed by atoms with Gasteiger partial charge in [-0.15, -0.1) is 0 Å². The number of carbonyl (C=O) groups excluding carboxylic acids is 1. The number of carbonyl (C=O) groups is 1. The van der Waals surface area contributed by atoms with Crippen LogP contribution in [0.1, 0.15) is 50.1 Å². The van der Waals surface area contributed by atoms with Crippen LogP contribution in [0.25, 0.3) is 0 Å². The highest BCUT2D eigenvalue weighted by molar-refractivity contribution is 5.80. The number of aromatic nitrogens is 1. The van der Waals surface area contributed by atoms with Gasteiger partial charge in [0.1, 0.15) is 11.5 Å². The number of likely N-dealkylation sites (N-methyl/N-ethyl adjacent to an activating group) is 1. The third-order valence-electron chi connectivity index (χ3n) is 4.87. The Kier molecular flexibility index (Phi) is 6.70. The smallest absolute Gasteiger partial charge is 0.263 e. The Labute approximate surface area is 168 Å². The van der Waals surface area contributed by atoms with Crippen molar-refractivity contribution in [3.8, 4) is 11.5 Å². The van der Waals surface area contributed by atoms with Crippen LogP contribution in [0.2, 0.25) is 0 Å². The van der Waals surface area contributed by atoms with Gasteiger partial charge in [0.05, 0.1) is 19.3 Å². The molecule has 0 aliphatic carbocycles. The van der Waals surface area contributed by atoms with Gasteiger partial charge >= 0.3 is 0 Å². The molecule has 0 saturated carbocycles. The standard InChI is InChI=1S/C23H32N2O3/c1-15-13-24-20(16(2)21(15)27-8)14-25(7)22(26)17(3)28-19-11-9-10-18(12-19)23(4,5)6/h9-13,17H,14H2,1-8H3. The first-order chi connectivity index (χ1) is 13.0. The van der Waals surface area contributed by atoms with E-state index < -0.39 is 6.10 Å². The summed E-state index contributed by atoms with van der Waals surface area (Å²) in [4.78, 5) is 18.9. The quantitative estimate of drug-likeness (QED) is 0.739. The fourth-order valence-corrected chi connectivity index (χ4v) is 3.13. The first-order valence-corrected chi connectivity index (χ1v) is 9.55. The molecule has 5 nitrogen and oxygen atoms in total. The second-order valence-corrected chi connectivity index (χ2v) is 8.28. The number of amides is 1. The lowest BCUT2D eigenvalue weighted by molar-refractivity contribution is -0.137. The van der Waals surface area contributed by atoms with Crippen LogP contribution in [-0.4, -0.2) is 36.1 Å². The van der Waals surface area contributed by atoms with Gasteiger partial charge in [-0.25, -0.2) is 0 Å². The molecule has 1 aromatic carbocycles. The zero-order valence-corrected chi connectivity index (χ0v) is 18.3. The molecule has 1 aromatic heterocycles. The first-order valence-electron chi connectivity index (χ1n) is 9.55. The minimum absolute atomic E-state index is 0.0249. The van der Waals surface area contributed by atoms with Crippen LogP contribution in [0.15, 0.2) is 30.5 Å². The predicted octanol–water partition coefficient (Wildman–Crippen LogP) is 4.43. The molecule has 152 valence electrons. The Hall–Kier alpha value is -2.56. The molecule has 1 amide bonds. The first kappa shape index (κ1) is 21.7. The number of aryl methyl sites for hydroxylation is 1. The van der Waals surface area contributed by atoms with Gasteiger partial charge in [-0.05, 0) is 43.9 Å². The fraction of sp³-hybridized carbons (Fsp3) is 0.478. The van der Waals surface area contributed by atoms with E-state index in [1.54, 1.807) is 32.2 Å². The van der Waals surface area contributed by atoms with Crippen LogP contribution in [0.4, 0.5) is 0 Å². The van der Waals surface area contributed by atoms with Crippen LogP contribution < -0.4 is 9.47 Å². The van der Waals surface area contributed by atoms with E-state index in [0.717, 1.165) is 22.6 Å². The van der Waals surface area contributed by atoms with Gasteiger partial charge in [0, 0.05) is 24.4 Å². The van der Waals surface area contributed by atoms with Crippen LogP contribution in [0, 0.1) is 13.8 Å². The highest BCUT2D eigenvalue weighted by Crippen LogP contribution is 2.27. The second-order valence-electron chi connectivity index (χ2n) is 8.28. The zero-order valence-electron chi connectivity index (χ0n) is 18.3. The highest BCUT2D eigenvalue weighted by Gasteiger charge is 2.22. The summed E-state index contributed by atoms with van der Waals surface area (Å²) in [6.45, 7) is 12.6. The van der Waals surface area contributed by atoms with Gasteiger partial charge in [0.25, 0.3) is 5.91 Å². The lowest BCUT2D eigenvalue weighted by Crippen LogP contribution is -2.37. The zero-order chi connectivity index (χ0) is 21.1. The normalized spacial score (nSPS) is 12.4. The van der Waals surface area contributed by atoms with E-state index in [2.05, 4.69) is 31.8 Å². The van der Waals surface area contributed by atoms with E-state index in [4.69, 9.17) is 9.47 Å². The van der Waals surface area contributed by atoms with Gasteiger partial charge in [-0.2, -0.15) is 0 Å². The molecule has 28 heavy (non-hydrogen) atoms. The summed E-state index contributed by atoms with van der Waals surface area (Å²) in [7, 11) is 3.41. The average molecular weight is 385 g/mol. The van der Waals surface area contributed by atoms with Crippen LogP contribution in [0.3, 0.4) is 0 Å². The van der Waals surface area contributed by atoms with Crippen molar-refractivity contribution < 1.29 is 14.3 Å². The van der Waals surface area contributed by atoms with E-state index in [0.29, 0.717) is 12.3 Å².